The van der Waals surface area contributed by atoms with Crippen molar-refractivity contribution in [2.45, 2.75) is 85.0 Å². The quantitative estimate of drug-likeness (QED) is 0.373. The summed E-state index contributed by atoms with van der Waals surface area (Å²) >= 11 is 12.7. The highest BCUT2D eigenvalue weighted by atomic mass is 35.5. The van der Waals surface area contributed by atoms with Crippen LogP contribution >= 0.6 is 23.2 Å². The third-order valence-electron chi connectivity index (χ3n) is 5.08. The summed E-state index contributed by atoms with van der Waals surface area (Å²) in [5, 5.41) is 0.744. The normalized spacial score (nSPS) is 14.0. The molecule has 0 bridgehead atoms. The first-order valence-electron chi connectivity index (χ1n) is 9.39. The van der Waals surface area contributed by atoms with Gasteiger partial charge in [0.2, 0.25) is 0 Å². The average Bonchev–Trinajstić information content (AvgIpc) is 2.50. The molecule has 1 aromatic rings. The van der Waals surface area contributed by atoms with Gasteiger partial charge in [0.1, 0.15) is 5.82 Å². The fraction of sp³-hybridized carbons (Fsp3) is 0.700. The van der Waals surface area contributed by atoms with E-state index in [1.54, 1.807) is 0 Å². The number of benzene rings is 1. The maximum Gasteiger partial charge on any atom is 0.192 e. The van der Waals surface area contributed by atoms with Crippen LogP contribution in [0.4, 0.5) is 4.39 Å². The Labute approximate surface area is 164 Å². The molecule has 0 aliphatic carbocycles. The number of rotatable bonds is 9. The Morgan fingerprint density at radius 3 is 1.92 bits per heavy atom. The molecule has 1 nitrogen and oxygen atoms in total. The molecule has 1 atom stereocenters. The molecule has 0 saturated heterocycles. The molecule has 0 heterocycles. The van der Waals surface area contributed by atoms with Crippen LogP contribution in [-0.4, -0.2) is 8.32 Å². The van der Waals surface area contributed by atoms with Crippen molar-refractivity contribution in [2.24, 2.45) is 5.41 Å². The van der Waals surface area contributed by atoms with Crippen LogP contribution in [0.3, 0.4) is 0 Å². The Morgan fingerprint density at radius 2 is 1.52 bits per heavy atom. The van der Waals surface area contributed by atoms with Gasteiger partial charge in [-0.05, 0) is 48.5 Å². The summed E-state index contributed by atoms with van der Waals surface area (Å²) in [6.07, 6.45) is 2.83. The van der Waals surface area contributed by atoms with E-state index in [0.29, 0.717) is 10.0 Å². The van der Waals surface area contributed by atoms with Crippen LogP contribution in [0.5, 0.6) is 0 Å². The number of hydrogen-bond acceptors (Lipinski definition) is 1. The first-order chi connectivity index (χ1) is 11.6. The molecule has 0 aliphatic heterocycles. The van der Waals surface area contributed by atoms with E-state index in [2.05, 4.69) is 41.5 Å². The lowest BCUT2D eigenvalue weighted by Crippen LogP contribution is -2.37. The second kappa shape index (κ2) is 9.73. The van der Waals surface area contributed by atoms with Crippen molar-refractivity contribution in [3.63, 3.8) is 0 Å². The molecule has 0 spiro atoms. The van der Waals surface area contributed by atoms with Crippen LogP contribution in [0.1, 0.15) is 72.5 Å². The van der Waals surface area contributed by atoms with Crippen molar-refractivity contribution in [1.29, 1.82) is 0 Å². The van der Waals surface area contributed by atoms with E-state index in [0.717, 1.165) is 43.0 Å². The second-order valence-electron chi connectivity index (χ2n) is 8.09. The van der Waals surface area contributed by atoms with Crippen LogP contribution in [0.15, 0.2) is 12.1 Å². The molecule has 25 heavy (non-hydrogen) atoms. The van der Waals surface area contributed by atoms with Crippen molar-refractivity contribution < 1.29 is 8.82 Å². The number of halogens is 3. The van der Waals surface area contributed by atoms with Gasteiger partial charge in [0, 0.05) is 5.56 Å². The highest BCUT2D eigenvalue weighted by Crippen LogP contribution is 2.40. The molecule has 1 rings (SSSR count). The van der Waals surface area contributed by atoms with Crippen molar-refractivity contribution in [3.8, 4) is 0 Å². The van der Waals surface area contributed by atoms with Gasteiger partial charge in [-0.2, -0.15) is 0 Å². The molecular weight excluding hydrogens is 374 g/mol. The Kier molecular flexibility index (Phi) is 8.93. The van der Waals surface area contributed by atoms with E-state index in [9.17, 15) is 4.39 Å². The Bertz CT molecular complexity index is 522. The predicted molar refractivity (Wildman–Crippen MR) is 111 cm³/mol. The minimum Gasteiger partial charge on any atom is -0.410 e. The molecule has 0 amide bonds. The zero-order chi connectivity index (χ0) is 19.3. The van der Waals surface area contributed by atoms with Crippen LogP contribution in [-0.2, 0) is 4.43 Å². The lowest BCUT2D eigenvalue weighted by atomic mass is 9.88. The van der Waals surface area contributed by atoms with Crippen molar-refractivity contribution in [2.75, 3.05) is 0 Å². The molecule has 1 unspecified atom stereocenters. The topological polar surface area (TPSA) is 9.23 Å². The van der Waals surface area contributed by atoms with Crippen LogP contribution in [0.25, 0.3) is 0 Å². The van der Waals surface area contributed by atoms with Gasteiger partial charge in [0.05, 0.1) is 16.1 Å². The summed E-state index contributed by atoms with van der Waals surface area (Å²) in [7, 11) is -1.83. The summed E-state index contributed by atoms with van der Waals surface area (Å²) in [5.41, 5.74) is 1.03. The van der Waals surface area contributed by atoms with E-state index in [-0.39, 0.29) is 11.5 Å². The molecule has 0 aliphatic rings. The zero-order valence-corrected chi connectivity index (χ0v) is 19.0. The molecule has 0 saturated carbocycles. The van der Waals surface area contributed by atoms with Gasteiger partial charge < -0.3 is 4.43 Å². The van der Waals surface area contributed by atoms with E-state index in [4.69, 9.17) is 27.6 Å². The summed E-state index contributed by atoms with van der Waals surface area (Å²) in [6, 6.07) is 5.87. The highest BCUT2D eigenvalue weighted by Gasteiger charge is 2.34. The fourth-order valence-corrected chi connectivity index (χ4v) is 6.79. The van der Waals surface area contributed by atoms with Crippen LogP contribution in [0.2, 0.25) is 28.2 Å². The van der Waals surface area contributed by atoms with Crippen molar-refractivity contribution in [1.82, 2.24) is 0 Å². The van der Waals surface area contributed by atoms with Crippen molar-refractivity contribution >= 4 is 31.5 Å². The van der Waals surface area contributed by atoms with Crippen LogP contribution in [0, 0.1) is 11.2 Å². The summed E-state index contributed by atoms with van der Waals surface area (Å²) in [6.45, 7) is 13.3. The molecular formula is C20H33Cl2FOSi. The largest absolute Gasteiger partial charge is 0.410 e. The molecule has 0 aromatic heterocycles. The van der Waals surface area contributed by atoms with E-state index >= 15 is 0 Å². The maximum absolute atomic E-state index is 13.6. The second-order valence-corrected chi connectivity index (χ2v) is 13.6. The Morgan fingerprint density at radius 1 is 1.04 bits per heavy atom. The zero-order valence-electron chi connectivity index (χ0n) is 16.5. The molecule has 5 heteroatoms. The molecule has 0 radical (unpaired) electrons. The van der Waals surface area contributed by atoms with E-state index < -0.39 is 14.1 Å². The third kappa shape index (κ3) is 6.86. The SMILES string of the molecule is CC[Si](CC)(CC)OC(CCCC(C)(C)C)c1c(Cl)cc(F)cc1Cl. The molecule has 144 valence electrons. The highest BCUT2D eigenvalue weighted by molar-refractivity contribution is 6.73. The lowest BCUT2D eigenvalue weighted by Gasteiger charge is -2.34. The van der Waals surface area contributed by atoms with Crippen molar-refractivity contribution in [3.05, 3.63) is 33.6 Å². The molecule has 0 fully saturated rings. The van der Waals surface area contributed by atoms with E-state index in [1.807, 2.05) is 0 Å². The smallest absolute Gasteiger partial charge is 0.192 e. The Balaban J connectivity index is 3.15. The van der Waals surface area contributed by atoms with Crippen LogP contribution < -0.4 is 0 Å². The lowest BCUT2D eigenvalue weighted by molar-refractivity contribution is 0.169. The fourth-order valence-electron chi connectivity index (χ4n) is 3.24. The minimum atomic E-state index is -1.83. The molecule has 0 N–H and O–H groups in total. The first-order valence-corrected chi connectivity index (χ1v) is 12.7. The van der Waals surface area contributed by atoms with Gasteiger partial charge in [0.15, 0.2) is 8.32 Å². The van der Waals surface area contributed by atoms with Gasteiger partial charge in [-0.3, -0.25) is 0 Å². The van der Waals surface area contributed by atoms with Gasteiger partial charge >= 0.3 is 0 Å². The Hall–Kier alpha value is -0.0931. The predicted octanol–water partition coefficient (Wildman–Crippen LogP) is 8.41. The van der Waals surface area contributed by atoms with Gasteiger partial charge in [-0.25, -0.2) is 4.39 Å². The standard InChI is InChI=1S/C20H33Cl2FOSi/c1-7-25(8-2,9-3)24-18(11-10-12-20(4,5)6)19-16(21)13-15(23)14-17(19)22/h13-14,18H,7-12H2,1-6H3. The van der Waals surface area contributed by atoms with Gasteiger partial charge in [0.25, 0.3) is 0 Å². The van der Waals surface area contributed by atoms with Gasteiger partial charge in [-0.1, -0.05) is 71.2 Å². The maximum atomic E-state index is 13.6. The molecule has 1 aromatic carbocycles. The average molecular weight is 407 g/mol. The number of hydrogen-bond donors (Lipinski definition) is 0. The summed E-state index contributed by atoms with van der Waals surface area (Å²) in [4.78, 5) is 0. The first kappa shape index (κ1) is 22.9. The van der Waals surface area contributed by atoms with E-state index in [1.165, 1.54) is 12.1 Å². The minimum absolute atomic E-state index is 0.158. The third-order valence-corrected chi connectivity index (χ3v) is 10.4. The summed E-state index contributed by atoms with van der Waals surface area (Å²) in [5.74, 6) is -0.405. The monoisotopic (exact) mass is 406 g/mol. The van der Waals surface area contributed by atoms with Gasteiger partial charge in [-0.15, -0.1) is 0 Å². The summed E-state index contributed by atoms with van der Waals surface area (Å²) < 4.78 is 20.4.